The van der Waals surface area contributed by atoms with Gasteiger partial charge in [0.05, 0.1) is 6.04 Å². The van der Waals surface area contributed by atoms with Gasteiger partial charge in [0.15, 0.2) is 0 Å². The fourth-order valence-electron chi connectivity index (χ4n) is 3.12. The number of hydrogen-bond acceptors (Lipinski definition) is 4. The molecule has 2 amide bonds. The van der Waals surface area contributed by atoms with Crippen LogP contribution >= 0.6 is 0 Å². The van der Waals surface area contributed by atoms with Gasteiger partial charge >= 0.3 is 12.2 Å². The van der Waals surface area contributed by atoms with E-state index in [0.29, 0.717) is 12.5 Å². The first-order valence-corrected chi connectivity index (χ1v) is 9.27. The van der Waals surface area contributed by atoms with Gasteiger partial charge in [0, 0.05) is 6.54 Å². The van der Waals surface area contributed by atoms with Crippen molar-refractivity contribution in [2.45, 2.75) is 64.7 Å². The number of amides is 2. The highest BCUT2D eigenvalue weighted by atomic mass is 16.6. The standard InChI is InChI=1S/C20H30N2O4/c1-20(2,3)26-19(24)22-17(16-11-7-8-12-16)13-21-18(23)25-14-15-9-5-4-6-10-15/h4-6,9-10,16-17H,7-8,11-14H2,1-3H3,(H,21,23)(H,22,24). The molecule has 0 saturated heterocycles. The highest BCUT2D eigenvalue weighted by Crippen LogP contribution is 2.27. The van der Waals surface area contributed by atoms with Crippen LogP contribution in [0.2, 0.25) is 0 Å². The van der Waals surface area contributed by atoms with Crippen LogP contribution in [0.4, 0.5) is 9.59 Å². The summed E-state index contributed by atoms with van der Waals surface area (Å²) in [6.07, 6.45) is 3.45. The number of ether oxygens (including phenoxy) is 2. The Balaban J connectivity index is 1.81. The maximum atomic E-state index is 12.1. The first kappa shape index (κ1) is 20.1. The van der Waals surface area contributed by atoms with Crippen molar-refractivity contribution in [3.63, 3.8) is 0 Å². The molecule has 1 fully saturated rings. The second-order valence-electron chi connectivity index (χ2n) is 7.74. The largest absolute Gasteiger partial charge is 0.445 e. The summed E-state index contributed by atoms with van der Waals surface area (Å²) in [5, 5.41) is 5.68. The second kappa shape index (κ2) is 9.46. The molecule has 1 aromatic rings. The SMILES string of the molecule is CC(C)(C)OC(=O)NC(CNC(=O)OCc1ccccc1)C1CCCC1. The van der Waals surface area contributed by atoms with E-state index in [-0.39, 0.29) is 12.6 Å². The Morgan fingerprint density at radius 3 is 2.38 bits per heavy atom. The molecule has 2 N–H and O–H groups in total. The van der Waals surface area contributed by atoms with E-state index in [1.807, 2.05) is 51.1 Å². The van der Waals surface area contributed by atoms with Crippen molar-refractivity contribution in [1.29, 1.82) is 0 Å². The summed E-state index contributed by atoms with van der Waals surface area (Å²) < 4.78 is 10.6. The van der Waals surface area contributed by atoms with Crippen molar-refractivity contribution in [1.82, 2.24) is 10.6 Å². The van der Waals surface area contributed by atoms with Crippen LogP contribution in [-0.2, 0) is 16.1 Å². The van der Waals surface area contributed by atoms with E-state index in [2.05, 4.69) is 10.6 Å². The summed E-state index contributed by atoms with van der Waals surface area (Å²) in [7, 11) is 0. The third-order valence-corrected chi connectivity index (χ3v) is 4.35. The van der Waals surface area contributed by atoms with Gasteiger partial charge in [-0.2, -0.15) is 0 Å². The van der Waals surface area contributed by atoms with Crippen LogP contribution in [0.25, 0.3) is 0 Å². The van der Waals surface area contributed by atoms with Gasteiger partial charge in [0.2, 0.25) is 0 Å². The average molecular weight is 362 g/mol. The number of carbonyl (C=O) groups is 2. The number of rotatable bonds is 6. The first-order valence-electron chi connectivity index (χ1n) is 9.27. The minimum absolute atomic E-state index is 0.156. The van der Waals surface area contributed by atoms with Gasteiger partial charge in [-0.3, -0.25) is 0 Å². The molecule has 1 aromatic carbocycles. The molecule has 0 heterocycles. The van der Waals surface area contributed by atoms with E-state index in [1.165, 1.54) is 0 Å². The Bertz CT molecular complexity index is 577. The lowest BCUT2D eigenvalue weighted by Crippen LogP contribution is -2.48. The van der Waals surface area contributed by atoms with Crippen molar-refractivity contribution in [3.05, 3.63) is 35.9 Å². The van der Waals surface area contributed by atoms with Crippen LogP contribution in [-0.4, -0.2) is 30.4 Å². The summed E-state index contributed by atoms with van der Waals surface area (Å²) >= 11 is 0. The molecular weight excluding hydrogens is 332 g/mol. The molecule has 6 nitrogen and oxygen atoms in total. The molecule has 26 heavy (non-hydrogen) atoms. The molecule has 0 aromatic heterocycles. The van der Waals surface area contributed by atoms with Gasteiger partial charge in [0.1, 0.15) is 12.2 Å². The van der Waals surface area contributed by atoms with Crippen molar-refractivity contribution < 1.29 is 19.1 Å². The molecule has 0 bridgehead atoms. The Morgan fingerprint density at radius 2 is 1.77 bits per heavy atom. The van der Waals surface area contributed by atoms with E-state index in [9.17, 15) is 9.59 Å². The third-order valence-electron chi connectivity index (χ3n) is 4.35. The monoisotopic (exact) mass is 362 g/mol. The summed E-state index contributed by atoms with van der Waals surface area (Å²) in [5.74, 6) is 0.344. The molecule has 0 aliphatic heterocycles. The van der Waals surface area contributed by atoms with Crippen LogP contribution in [0.15, 0.2) is 30.3 Å². The Morgan fingerprint density at radius 1 is 1.12 bits per heavy atom. The molecule has 0 spiro atoms. The van der Waals surface area contributed by atoms with E-state index >= 15 is 0 Å². The minimum Gasteiger partial charge on any atom is -0.445 e. The predicted octanol–water partition coefficient (Wildman–Crippen LogP) is 4.00. The topological polar surface area (TPSA) is 76.7 Å². The molecule has 144 valence electrons. The van der Waals surface area contributed by atoms with Crippen molar-refractivity contribution in [3.8, 4) is 0 Å². The van der Waals surface area contributed by atoms with E-state index in [4.69, 9.17) is 9.47 Å². The Hall–Kier alpha value is -2.24. The third kappa shape index (κ3) is 7.33. The zero-order valence-electron chi connectivity index (χ0n) is 15.9. The van der Waals surface area contributed by atoms with Crippen molar-refractivity contribution in [2.75, 3.05) is 6.54 Å². The molecule has 1 unspecified atom stereocenters. The molecule has 1 aliphatic rings. The lowest BCUT2D eigenvalue weighted by molar-refractivity contribution is 0.0483. The smallest absolute Gasteiger partial charge is 0.407 e. The molecule has 1 saturated carbocycles. The Kier molecular flexibility index (Phi) is 7.30. The van der Waals surface area contributed by atoms with Crippen LogP contribution in [0.1, 0.15) is 52.0 Å². The normalized spacial score (nSPS) is 16.0. The number of carbonyl (C=O) groups excluding carboxylic acids is 2. The number of benzene rings is 1. The van der Waals surface area contributed by atoms with Crippen molar-refractivity contribution in [2.24, 2.45) is 5.92 Å². The molecule has 1 aliphatic carbocycles. The molecular formula is C20H30N2O4. The maximum absolute atomic E-state index is 12.1. The highest BCUT2D eigenvalue weighted by Gasteiger charge is 2.28. The minimum atomic E-state index is -0.549. The van der Waals surface area contributed by atoms with Crippen LogP contribution in [0.3, 0.4) is 0 Å². The molecule has 6 heteroatoms. The molecule has 1 atom stereocenters. The fraction of sp³-hybridized carbons (Fsp3) is 0.600. The summed E-state index contributed by atoms with van der Waals surface area (Å²) in [4.78, 5) is 24.1. The van der Waals surface area contributed by atoms with Gasteiger partial charge in [0.25, 0.3) is 0 Å². The van der Waals surface area contributed by atoms with Gasteiger partial charge in [-0.15, -0.1) is 0 Å². The summed E-state index contributed by atoms with van der Waals surface area (Å²) in [6, 6.07) is 9.36. The van der Waals surface area contributed by atoms with Crippen LogP contribution in [0.5, 0.6) is 0 Å². The molecule has 0 radical (unpaired) electrons. The highest BCUT2D eigenvalue weighted by molar-refractivity contribution is 5.69. The summed E-state index contributed by atoms with van der Waals surface area (Å²) in [5.41, 5.74) is 0.383. The molecule has 2 rings (SSSR count). The number of alkyl carbamates (subject to hydrolysis) is 2. The van der Waals surface area contributed by atoms with E-state index in [0.717, 1.165) is 31.2 Å². The lowest BCUT2D eigenvalue weighted by atomic mass is 9.98. The number of nitrogens with one attached hydrogen (secondary N) is 2. The Labute approximate surface area is 155 Å². The second-order valence-corrected chi connectivity index (χ2v) is 7.74. The zero-order chi connectivity index (χ0) is 19.0. The van der Waals surface area contributed by atoms with Crippen molar-refractivity contribution >= 4 is 12.2 Å². The van der Waals surface area contributed by atoms with Gasteiger partial charge in [-0.1, -0.05) is 43.2 Å². The first-order chi connectivity index (χ1) is 12.3. The lowest BCUT2D eigenvalue weighted by Gasteiger charge is -2.27. The van der Waals surface area contributed by atoms with Crippen LogP contribution < -0.4 is 10.6 Å². The van der Waals surface area contributed by atoms with E-state index in [1.54, 1.807) is 0 Å². The van der Waals surface area contributed by atoms with Gasteiger partial charge in [-0.25, -0.2) is 9.59 Å². The van der Waals surface area contributed by atoms with Gasteiger partial charge in [-0.05, 0) is 45.1 Å². The predicted molar refractivity (Wildman–Crippen MR) is 99.7 cm³/mol. The van der Waals surface area contributed by atoms with E-state index < -0.39 is 17.8 Å². The maximum Gasteiger partial charge on any atom is 0.407 e. The number of hydrogen-bond donors (Lipinski definition) is 2. The fourth-order valence-corrected chi connectivity index (χ4v) is 3.12. The summed E-state index contributed by atoms with van der Waals surface area (Å²) in [6.45, 7) is 6.04. The van der Waals surface area contributed by atoms with Gasteiger partial charge < -0.3 is 20.1 Å². The zero-order valence-corrected chi connectivity index (χ0v) is 15.9. The van der Waals surface area contributed by atoms with Crippen LogP contribution in [0, 0.1) is 5.92 Å². The average Bonchev–Trinajstić information content (AvgIpc) is 3.10. The quantitative estimate of drug-likeness (QED) is 0.802.